The molecule has 3 aromatic carbocycles. The standard InChI is InChI=1S/C25H26O6/c26-21-20(31-24(29)23(28)22(21)27)16-30-25(17-10-4-1-5-11-17,18-12-6-2-7-13-18)19-14-8-3-9-15-19/h1-15,20-24,26-29H,16H2. The van der Waals surface area contributed by atoms with Gasteiger partial charge in [0.1, 0.15) is 30.0 Å². The molecule has 0 bridgehead atoms. The van der Waals surface area contributed by atoms with Gasteiger partial charge in [-0.15, -0.1) is 0 Å². The minimum absolute atomic E-state index is 0.138. The van der Waals surface area contributed by atoms with E-state index in [0.29, 0.717) is 0 Å². The van der Waals surface area contributed by atoms with Crippen LogP contribution in [0, 0.1) is 0 Å². The number of rotatable bonds is 6. The summed E-state index contributed by atoms with van der Waals surface area (Å²) in [6.45, 7) is -0.138. The molecule has 6 heteroatoms. The van der Waals surface area contributed by atoms with Gasteiger partial charge in [0.2, 0.25) is 0 Å². The SMILES string of the molecule is OC1OC(COC(c2ccccc2)(c2ccccc2)c2ccccc2)C(O)C(O)C1O. The Hall–Kier alpha value is -2.58. The molecule has 1 fully saturated rings. The van der Waals surface area contributed by atoms with Gasteiger partial charge in [-0.3, -0.25) is 0 Å². The maximum atomic E-state index is 10.4. The van der Waals surface area contributed by atoms with Crippen molar-refractivity contribution in [1.82, 2.24) is 0 Å². The predicted octanol–water partition coefficient (Wildman–Crippen LogP) is 1.79. The highest BCUT2D eigenvalue weighted by Crippen LogP contribution is 2.41. The first-order valence-electron chi connectivity index (χ1n) is 10.2. The van der Waals surface area contributed by atoms with E-state index in [1.54, 1.807) is 0 Å². The van der Waals surface area contributed by atoms with Crippen molar-refractivity contribution in [2.24, 2.45) is 0 Å². The van der Waals surface area contributed by atoms with Crippen molar-refractivity contribution in [2.45, 2.75) is 36.3 Å². The summed E-state index contributed by atoms with van der Waals surface area (Å²) in [4.78, 5) is 0. The van der Waals surface area contributed by atoms with Crippen LogP contribution in [0.3, 0.4) is 0 Å². The second-order valence-corrected chi connectivity index (χ2v) is 7.63. The lowest BCUT2D eigenvalue weighted by molar-refractivity contribution is -0.291. The van der Waals surface area contributed by atoms with Crippen LogP contribution in [0.25, 0.3) is 0 Å². The van der Waals surface area contributed by atoms with Crippen LogP contribution in [0.2, 0.25) is 0 Å². The molecule has 0 aliphatic carbocycles. The Labute approximate surface area is 180 Å². The molecule has 4 rings (SSSR count). The van der Waals surface area contributed by atoms with Gasteiger partial charge in [-0.05, 0) is 16.7 Å². The smallest absolute Gasteiger partial charge is 0.184 e. The molecule has 0 spiro atoms. The number of ether oxygens (including phenoxy) is 2. The Balaban J connectivity index is 1.78. The molecule has 3 aromatic rings. The molecule has 4 N–H and O–H groups in total. The second kappa shape index (κ2) is 9.28. The van der Waals surface area contributed by atoms with Crippen molar-refractivity contribution in [3.05, 3.63) is 108 Å². The van der Waals surface area contributed by atoms with Gasteiger partial charge in [-0.2, -0.15) is 0 Å². The van der Waals surface area contributed by atoms with Crippen molar-refractivity contribution >= 4 is 0 Å². The van der Waals surface area contributed by atoms with Gasteiger partial charge in [0.05, 0.1) is 6.61 Å². The maximum Gasteiger partial charge on any atom is 0.184 e. The van der Waals surface area contributed by atoms with Crippen LogP contribution in [0.4, 0.5) is 0 Å². The summed E-state index contributed by atoms with van der Waals surface area (Å²) in [6.07, 6.45) is -7.21. The molecule has 0 saturated carbocycles. The average molecular weight is 422 g/mol. The molecular weight excluding hydrogens is 396 g/mol. The third-order valence-corrected chi connectivity index (χ3v) is 5.69. The van der Waals surface area contributed by atoms with Crippen molar-refractivity contribution in [1.29, 1.82) is 0 Å². The molecule has 0 radical (unpaired) electrons. The fourth-order valence-electron chi connectivity index (χ4n) is 4.04. The predicted molar refractivity (Wildman–Crippen MR) is 114 cm³/mol. The average Bonchev–Trinajstić information content (AvgIpc) is 2.83. The van der Waals surface area contributed by atoms with Crippen LogP contribution >= 0.6 is 0 Å². The third-order valence-electron chi connectivity index (χ3n) is 5.69. The molecular formula is C25H26O6. The Morgan fingerprint density at radius 3 is 1.45 bits per heavy atom. The molecule has 1 aliphatic heterocycles. The summed E-state index contributed by atoms with van der Waals surface area (Å²) < 4.78 is 11.9. The van der Waals surface area contributed by atoms with E-state index in [-0.39, 0.29) is 6.61 Å². The van der Waals surface area contributed by atoms with Crippen LogP contribution in [0.5, 0.6) is 0 Å². The van der Waals surface area contributed by atoms with Gasteiger partial charge < -0.3 is 29.9 Å². The van der Waals surface area contributed by atoms with E-state index in [4.69, 9.17) is 9.47 Å². The number of hydrogen-bond acceptors (Lipinski definition) is 6. The summed E-state index contributed by atoms with van der Waals surface area (Å²) in [5, 5.41) is 40.2. The van der Waals surface area contributed by atoms with Gasteiger partial charge in [0, 0.05) is 0 Å². The number of aliphatic hydroxyl groups is 4. The van der Waals surface area contributed by atoms with E-state index >= 15 is 0 Å². The summed E-state index contributed by atoms with van der Waals surface area (Å²) in [5.74, 6) is 0. The van der Waals surface area contributed by atoms with Crippen molar-refractivity contribution < 1.29 is 29.9 Å². The first-order chi connectivity index (χ1) is 15.0. The highest BCUT2D eigenvalue weighted by molar-refractivity contribution is 5.47. The molecule has 1 aliphatic rings. The summed E-state index contributed by atoms with van der Waals surface area (Å²) >= 11 is 0. The fourth-order valence-corrected chi connectivity index (χ4v) is 4.04. The maximum absolute atomic E-state index is 10.4. The van der Waals surface area contributed by atoms with Crippen LogP contribution in [0.15, 0.2) is 91.0 Å². The van der Waals surface area contributed by atoms with E-state index in [9.17, 15) is 20.4 Å². The fraction of sp³-hybridized carbons (Fsp3) is 0.280. The molecule has 0 aromatic heterocycles. The molecule has 5 atom stereocenters. The van der Waals surface area contributed by atoms with Gasteiger partial charge in [-0.25, -0.2) is 0 Å². The van der Waals surface area contributed by atoms with Gasteiger partial charge in [-0.1, -0.05) is 91.0 Å². The van der Waals surface area contributed by atoms with Crippen LogP contribution in [-0.2, 0) is 15.1 Å². The number of aliphatic hydroxyl groups excluding tert-OH is 4. The summed E-state index contributed by atoms with van der Waals surface area (Å²) in [6, 6.07) is 29.1. The van der Waals surface area contributed by atoms with E-state index in [1.165, 1.54) is 0 Å². The second-order valence-electron chi connectivity index (χ2n) is 7.63. The van der Waals surface area contributed by atoms with Crippen molar-refractivity contribution in [3.8, 4) is 0 Å². The Morgan fingerprint density at radius 1 is 0.613 bits per heavy atom. The van der Waals surface area contributed by atoms with E-state index < -0.39 is 36.3 Å². The Morgan fingerprint density at radius 2 is 1.03 bits per heavy atom. The van der Waals surface area contributed by atoms with E-state index in [0.717, 1.165) is 16.7 Å². The van der Waals surface area contributed by atoms with Crippen molar-refractivity contribution in [2.75, 3.05) is 6.61 Å². The zero-order chi connectivity index (χ0) is 21.8. The molecule has 31 heavy (non-hydrogen) atoms. The molecule has 6 nitrogen and oxygen atoms in total. The summed E-state index contributed by atoms with van der Waals surface area (Å²) in [7, 11) is 0. The van der Waals surface area contributed by atoms with Crippen LogP contribution < -0.4 is 0 Å². The highest BCUT2D eigenvalue weighted by atomic mass is 16.6. The molecule has 5 unspecified atom stereocenters. The van der Waals surface area contributed by atoms with E-state index in [1.807, 2.05) is 91.0 Å². The lowest BCUT2D eigenvalue weighted by atomic mass is 9.80. The van der Waals surface area contributed by atoms with Crippen LogP contribution in [-0.4, -0.2) is 57.7 Å². The molecule has 0 amide bonds. The first kappa shape index (κ1) is 21.6. The normalized spacial score (nSPS) is 26.5. The zero-order valence-electron chi connectivity index (χ0n) is 16.9. The number of hydrogen-bond donors (Lipinski definition) is 4. The minimum Gasteiger partial charge on any atom is -0.387 e. The molecule has 1 heterocycles. The molecule has 1 saturated heterocycles. The monoisotopic (exact) mass is 422 g/mol. The highest BCUT2D eigenvalue weighted by Gasteiger charge is 2.45. The van der Waals surface area contributed by atoms with Gasteiger partial charge in [0.15, 0.2) is 6.29 Å². The topological polar surface area (TPSA) is 99.4 Å². The first-order valence-corrected chi connectivity index (χ1v) is 10.2. The van der Waals surface area contributed by atoms with Gasteiger partial charge >= 0.3 is 0 Å². The van der Waals surface area contributed by atoms with Crippen LogP contribution in [0.1, 0.15) is 16.7 Å². The van der Waals surface area contributed by atoms with Gasteiger partial charge in [0.25, 0.3) is 0 Å². The zero-order valence-corrected chi connectivity index (χ0v) is 16.9. The quantitative estimate of drug-likeness (QED) is 0.452. The Bertz CT molecular complexity index is 853. The lowest BCUT2D eigenvalue weighted by Gasteiger charge is -2.41. The van der Waals surface area contributed by atoms with E-state index in [2.05, 4.69) is 0 Å². The lowest BCUT2D eigenvalue weighted by Crippen LogP contribution is -2.59. The number of benzene rings is 3. The Kier molecular flexibility index (Phi) is 6.48. The molecule has 162 valence electrons. The third kappa shape index (κ3) is 4.14. The van der Waals surface area contributed by atoms with Crippen molar-refractivity contribution in [3.63, 3.8) is 0 Å². The minimum atomic E-state index is -1.62. The summed E-state index contributed by atoms with van der Waals surface area (Å²) in [5.41, 5.74) is 1.59. The largest absolute Gasteiger partial charge is 0.387 e.